The van der Waals surface area contributed by atoms with Gasteiger partial charge in [-0.1, -0.05) is 48.5 Å². The molecule has 0 fully saturated rings. The Kier molecular flexibility index (Phi) is 3.90. The van der Waals surface area contributed by atoms with Crippen LogP contribution in [0.15, 0.2) is 60.0 Å². The van der Waals surface area contributed by atoms with Gasteiger partial charge in [-0.25, -0.2) is 4.98 Å². The molecule has 1 aromatic heterocycles. The van der Waals surface area contributed by atoms with E-state index >= 15 is 0 Å². The highest BCUT2D eigenvalue weighted by atomic mass is 32.1. The van der Waals surface area contributed by atoms with Crippen LogP contribution in [0.3, 0.4) is 0 Å². The number of hydrogen-bond acceptors (Lipinski definition) is 3. The second-order valence-electron chi connectivity index (χ2n) is 4.69. The number of benzene rings is 2. The summed E-state index contributed by atoms with van der Waals surface area (Å²) in [4.78, 5) is 4.73. The molecule has 2 N–H and O–H groups in total. The lowest BCUT2D eigenvalue weighted by Crippen LogP contribution is -1.95. The van der Waals surface area contributed by atoms with Crippen molar-refractivity contribution in [3.63, 3.8) is 0 Å². The van der Waals surface area contributed by atoms with Crippen LogP contribution in [0, 0.1) is 0 Å². The first-order valence-electron chi connectivity index (χ1n) is 6.63. The fourth-order valence-corrected chi connectivity index (χ4v) is 2.99. The number of nitrogens with two attached hydrogens (primary N) is 1. The van der Waals surface area contributed by atoms with Gasteiger partial charge in [0.05, 0.1) is 10.7 Å². The van der Waals surface area contributed by atoms with E-state index in [0.717, 1.165) is 28.2 Å². The lowest BCUT2D eigenvalue weighted by molar-refractivity contribution is 1.07. The molecule has 0 radical (unpaired) electrons. The van der Waals surface area contributed by atoms with E-state index in [1.165, 1.54) is 5.56 Å². The van der Waals surface area contributed by atoms with Crippen molar-refractivity contribution in [1.29, 1.82) is 0 Å². The number of thiazole rings is 1. The summed E-state index contributed by atoms with van der Waals surface area (Å²) in [5.41, 5.74) is 10.3. The highest BCUT2D eigenvalue weighted by Crippen LogP contribution is 2.24. The summed E-state index contributed by atoms with van der Waals surface area (Å²) >= 11 is 1.71. The van der Waals surface area contributed by atoms with Crippen molar-refractivity contribution >= 4 is 11.3 Å². The van der Waals surface area contributed by atoms with E-state index in [-0.39, 0.29) is 0 Å². The van der Waals surface area contributed by atoms with E-state index in [1.54, 1.807) is 11.3 Å². The van der Waals surface area contributed by atoms with E-state index in [4.69, 9.17) is 10.7 Å². The second kappa shape index (κ2) is 5.99. The van der Waals surface area contributed by atoms with Crippen LogP contribution in [-0.2, 0) is 13.0 Å². The standard InChI is InChI=1S/C17H16N2S/c18-11-14-7-4-8-15(9-14)16-12-20-17(19-16)10-13-5-2-1-3-6-13/h1-9,12H,10-11,18H2. The molecular weight excluding hydrogens is 264 g/mol. The fraction of sp³-hybridized carbons (Fsp3) is 0.118. The highest BCUT2D eigenvalue weighted by molar-refractivity contribution is 7.10. The van der Waals surface area contributed by atoms with Crippen LogP contribution in [-0.4, -0.2) is 4.98 Å². The van der Waals surface area contributed by atoms with Crippen LogP contribution in [0.4, 0.5) is 0 Å². The molecule has 0 saturated heterocycles. The topological polar surface area (TPSA) is 38.9 Å². The van der Waals surface area contributed by atoms with Gasteiger partial charge in [0.1, 0.15) is 0 Å². The van der Waals surface area contributed by atoms with Gasteiger partial charge in [-0.3, -0.25) is 0 Å². The molecule has 0 aliphatic rings. The Morgan fingerprint density at radius 3 is 2.55 bits per heavy atom. The average molecular weight is 280 g/mol. The largest absolute Gasteiger partial charge is 0.326 e. The summed E-state index contributed by atoms with van der Waals surface area (Å²) in [6.45, 7) is 0.564. The minimum absolute atomic E-state index is 0.564. The number of aromatic nitrogens is 1. The van der Waals surface area contributed by atoms with Crippen LogP contribution in [0.25, 0.3) is 11.3 Å². The van der Waals surface area contributed by atoms with Crippen LogP contribution in [0.1, 0.15) is 16.1 Å². The van der Waals surface area contributed by atoms with Crippen molar-refractivity contribution in [1.82, 2.24) is 4.98 Å². The summed E-state index contributed by atoms with van der Waals surface area (Å²) < 4.78 is 0. The first-order valence-corrected chi connectivity index (χ1v) is 7.51. The lowest BCUT2D eigenvalue weighted by Gasteiger charge is -2.00. The fourth-order valence-electron chi connectivity index (χ4n) is 2.15. The Morgan fingerprint density at radius 1 is 0.950 bits per heavy atom. The van der Waals surface area contributed by atoms with Crippen LogP contribution >= 0.6 is 11.3 Å². The van der Waals surface area contributed by atoms with Gasteiger partial charge in [-0.15, -0.1) is 11.3 Å². The molecule has 0 saturated carbocycles. The summed E-state index contributed by atoms with van der Waals surface area (Å²) in [6.07, 6.45) is 0.891. The normalized spacial score (nSPS) is 10.7. The average Bonchev–Trinajstić information content (AvgIpc) is 2.97. The zero-order valence-corrected chi connectivity index (χ0v) is 11.9. The van der Waals surface area contributed by atoms with E-state index in [1.807, 2.05) is 18.2 Å². The molecule has 20 heavy (non-hydrogen) atoms. The zero-order valence-electron chi connectivity index (χ0n) is 11.1. The molecule has 0 atom stereocenters. The number of hydrogen-bond donors (Lipinski definition) is 1. The molecule has 0 unspecified atom stereocenters. The molecule has 2 nitrogen and oxygen atoms in total. The van der Waals surface area contributed by atoms with Gasteiger partial charge in [-0.2, -0.15) is 0 Å². The highest BCUT2D eigenvalue weighted by Gasteiger charge is 2.05. The van der Waals surface area contributed by atoms with Crippen molar-refractivity contribution in [3.05, 3.63) is 76.1 Å². The molecule has 3 rings (SSSR count). The van der Waals surface area contributed by atoms with Gasteiger partial charge in [-0.05, 0) is 17.2 Å². The van der Waals surface area contributed by atoms with Crippen molar-refractivity contribution in [2.45, 2.75) is 13.0 Å². The third kappa shape index (κ3) is 2.95. The molecule has 0 amide bonds. The third-order valence-corrected chi connectivity index (χ3v) is 4.06. The molecule has 0 bridgehead atoms. The van der Waals surface area contributed by atoms with E-state index in [2.05, 4.69) is 41.8 Å². The molecule has 0 aliphatic carbocycles. The summed E-state index contributed by atoms with van der Waals surface area (Å²) in [7, 11) is 0. The van der Waals surface area contributed by atoms with E-state index < -0.39 is 0 Å². The molecule has 0 aliphatic heterocycles. The quantitative estimate of drug-likeness (QED) is 0.788. The molecule has 3 aromatic rings. The number of nitrogens with zero attached hydrogens (tertiary/aromatic N) is 1. The third-order valence-electron chi connectivity index (χ3n) is 3.21. The van der Waals surface area contributed by atoms with Crippen molar-refractivity contribution in [2.75, 3.05) is 0 Å². The van der Waals surface area contributed by atoms with Crippen molar-refractivity contribution in [2.24, 2.45) is 5.73 Å². The Morgan fingerprint density at radius 2 is 1.75 bits per heavy atom. The maximum Gasteiger partial charge on any atom is 0.0976 e. The zero-order chi connectivity index (χ0) is 13.8. The van der Waals surface area contributed by atoms with Gasteiger partial charge in [0.15, 0.2) is 0 Å². The minimum Gasteiger partial charge on any atom is -0.326 e. The van der Waals surface area contributed by atoms with Crippen molar-refractivity contribution < 1.29 is 0 Å². The molecule has 100 valence electrons. The maximum absolute atomic E-state index is 5.69. The first-order chi connectivity index (χ1) is 9.85. The van der Waals surface area contributed by atoms with Gasteiger partial charge < -0.3 is 5.73 Å². The predicted octanol–water partition coefficient (Wildman–Crippen LogP) is 3.86. The minimum atomic E-state index is 0.564. The van der Waals surface area contributed by atoms with Crippen LogP contribution < -0.4 is 5.73 Å². The molecule has 3 heteroatoms. The maximum atomic E-state index is 5.69. The van der Waals surface area contributed by atoms with Crippen LogP contribution in [0.2, 0.25) is 0 Å². The Balaban J connectivity index is 1.83. The van der Waals surface area contributed by atoms with Gasteiger partial charge in [0.2, 0.25) is 0 Å². The van der Waals surface area contributed by atoms with Crippen molar-refractivity contribution in [3.8, 4) is 11.3 Å². The molecule has 1 heterocycles. The number of rotatable bonds is 4. The molecule has 0 spiro atoms. The smallest absolute Gasteiger partial charge is 0.0976 e. The van der Waals surface area contributed by atoms with E-state index in [9.17, 15) is 0 Å². The summed E-state index contributed by atoms with van der Waals surface area (Å²) in [6, 6.07) is 18.7. The second-order valence-corrected chi connectivity index (χ2v) is 5.64. The SMILES string of the molecule is NCc1cccc(-c2csc(Cc3ccccc3)n2)c1. The summed E-state index contributed by atoms with van der Waals surface area (Å²) in [5, 5.41) is 3.26. The monoisotopic (exact) mass is 280 g/mol. The van der Waals surface area contributed by atoms with E-state index in [0.29, 0.717) is 6.54 Å². The Labute approximate surface area is 122 Å². The Hall–Kier alpha value is -1.97. The van der Waals surface area contributed by atoms with Gasteiger partial charge in [0, 0.05) is 23.9 Å². The molecular formula is C17H16N2S. The predicted molar refractivity (Wildman–Crippen MR) is 84.7 cm³/mol. The van der Waals surface area contributed by atoms with Gasteiger partial charge in [0.25, 0.3) is 0 Å². The van der Waals surface area contributed by atoms with Gasteiger partial charge >= 0.3 is 0 Å². The lowest BCUT2D eigenvalue weighted by atomic mass is 10.1. The Bertz CT molecular complexity index is 689. The first kappa shape index (κ1) is 13.0. The van der Waals surface area contributed by atoms with Crippen LogP contribution in [0.5, 0.6) is 0 Å². The summed E-state index contributed by atoms with van der Waals surface area (Å²) in [5.74, 6) is 0. The molecule has 2 aromatic carbocycles.